The third-order valence-corrected chi connectivity index (χ3v) is 5.37. The molecule has 0 heterocycles. The average molecular weight is 296 g/mol. The largest absolute Gasteiger partial charge is 0.223 e. The van der Waals surface area contributed by atoms with Crippen molar-refractivity contribution in [2.24, 2.45) is 0 Å². The van der Waals surface area contributed by atoms with Crippen LogP contribution in [0, 0.1) is 6.92 Å². The number of benzene rings is 3. The van der Waals surface area contributed by atoms with E-state index in [1.807, 2.05) is 49.4 Å². The Hall–Kier alpha value is -2.13. The summed E-state index contributed by atoms with van der Waals surface area (Å²) in [6, 6.07) is 20.5. The lowest BCUT2D eigenvalue weighted by molar-refractivity contribution is 0.595. The van der Waals surface area contributed by atoms with E-state index in [1.165, 1.54) is 0 Å². The highest BCUT2D eigenvalue weighted by atomic mass is 32.2. The molecule has 0 saturated carbocycles. The van der Waals surface area contributed by atoms with E-state index in [0.717, 1.165) is 21.9 Å². The van der Waals surface area contributed by atoms with Crippen LogP contribution in [0.1, 0.15) is 11.1 Å². The summed E-state index contributed by atoms with van der Waals surface area (Å²) in [7, 11) is -3.33. The van der Waals surface area contributed by atoms with E-state index in [4.69, 9.17) is 0 Å². The predicted octanol–water partition coefficient (Wildman–Crippen LogP) is 4.12. The SMILES string of the molecule is Cc1ccc2ccccc2c1CS(=O)(=O)c1ccccc1. The Balaban J connectivity index is 2.12. The molecule has 0 aliphatic heterocycles. The van der Waals surface area contributed by atoms with Crippen molar-refractivity contribution in [3.05, 3.63) is 77.9 Å². The summed E-state index contributed by atoms with van der Waals surface area (Å²) in [6.07, 6.45) is 0. The second-order valence-electron chi connectivity index (χ2n) is 5.15. The van der Waals surface area contributed by atoms with Crippen LogP contribution in [-0.2, 0) is 15.6 Å². The van der Waals surface area contributed by atoms with Gasteiger partial charge >= 0.3 is 0 Å². The van der Waals surface area contributed by atoms with Gasteiger partial charge in [-0.25, -0.2) is 8.42 Å². The fourth-order valence-electron chi connectivity index (χ4n) is 2.54. The molecule has 0 aliphatic carbocycles. The molecule has 2 nitrogen and oxygen atoms in total. The van der Waals surface area contributed by atoms with Crippen molar-refractivity contribution in [2.45, 2.75) is 17.6 Å². The highest BCUT2D eigenvalue weighted by Gasteiger charge is 2.17. The lowest BCUT2D eigenvalue weighted by Gasteiger charge is -2.11. The van der Waals surface area contributed by atoms with Gasteiger partial charge in [0.15, 0.2) is 9.84 Å². The Morgan fingerprint density at radius 2 is 1.48 bits per heavy atom. The number of aryl methyl sites for hydroxylation is 1. The number of hydrogen-bond donors (Lipinski definition) is 0. The summed E-state index contributed by atoms with van der Waals surface area (Å²) >= 11 is 0. The summed E-state index contributed by atoms with van der Waals surface area (Å²) in [5.74, 6) is 0.0319. The zero-order valence-electron chi connectivity index (χ0n) is 11.8. The summed E-state index contributed by atoms with van der Waals surface area (Å²) < 4.78 is 25.2. The molecule has 106 valence electrons. The molecule has 0 saturated heterocycles. The second-order valence-corrected chi connectivity index (χ2v) is 7.14. The van der Waals surface area contributed by atoms with Gasteiger partial charge in [-0.2, -0.15) is 0 Å². The molecule has 0 atom stereocenters. The van der Waals surface area contributed by atoms with Gasteiger partial charge < -0.3 is 0 Å². The van der Waals surface area contributed by atoms with Crippen molar-refractivity contribution >= 4 is 20.6 Å². The van der Waals surface area contributed by atoms with E-state index in [0.29, 0.717) is 4.90 Å². The second kappa shape index (κ2) is 5.34. The van der Waals surface area contributed by atoms with Crippen molar-refractivity contribution in [1.29, 1.82) is 0 Å². The van der Waals surface area contributed by atoms with E-state index in [2.05, 4.69) is 0 Å². The molecule has 0 fully saturated rings. The minimum absolute atomic E-state index is 0.0319. The van der Waals surface area contributed by atoms with Crippen LogP contribution < -0.4 is 0 Å². The first-order valence-electron chi connectivity index (χ1n) is 6.83. The molecule has 0 aromatic heterocycles. The molecule has 3 rings (SSSR count). The molecule has 0 aliphatic rings. The number of hydrogen-bond acceptors (Lipinski definition) is 2. The van der Waals surface area contributed by atoms with Gasteiger partial charge in [-0.1, -0.05) is 54.6 Å². The number of rotatable bonds is 3. The van der Waals surface area contributed by atoms with Crippen LogP contribution >= 0.6 is 0 Å². The lowest BCUT2D eigenvalue weighted by Crippen LogP contribution is -2.06. The maximum absolute atomic E-state index is 12.6. The predicted molar refractivity (Wildman–Crippen MR) is 86.0 cm³/mol. The molecule has 21 heavy (non-hydrogen) atoms. The monoisotopic (exact) mass is 296 g/mol. The van der Waals surface area contributed by atoms with Gasteiger partial charge in [0, 0.05) is 0 Å². The average Bonchev–Trinajstić information content (AvgIpc) is 2.51. The highest BCUT2D eigenvalue weighted by molar-refractivity contribution is 7.90. The molecule has 3 aromatic carbocycles. The fourth-order valence-corrected chi connectivity index (χ4v) is 4.04. The van der Waals surface area contributed by atoms with E-state index in [1.54, 1.807) is 24.3 Å². The molecule has 0 unspecified atom stereocenters. The van der Waals surface area contributed by atoms with Crippen LogP contribution in [0.25, 0.3) is 10.8 Å². The number of fused-ring (bicyclic) bond motifs is 1. The minimum atomic E-state index is -3.33. The maximum Gasteiger partial charge on any atom is 0.182 e. The zero-order chi connectivity index (χ0) is 14.9. The lowest BCUT2D eigenvalue weighted by atomic mass is 10.0. The quantitative estimate of drug-likeness (QED) is 0.728. The van der Waals surface area contributed by atoms with Gasteiger partial charge in [0.25, 0.3) is 0 Å². The van der Waals surface area contributed by atoms with Crippen LogP contribution in [0.4, 0.5) is 0 Å². The van der Waals surface area contributed by atoms with Gasteiger partial charge in [-0.15, -0.1) is 0 Å². The Bertz CT molecular complexity index is 881. The first-order valence-corrected chi connectivity index (χ1v) is 8.48. The number of sulfone groups is 1. The van der Waals surface area contributed by atoms with Crippen molar-refractivity contribution in [3.8, 4) is 0 Å². The molecule has 0 N–H and O–H groups in total. The van der Waals surface area contributed by atoms with E-state index in [9.17, 15) is 8.42 Å². The molecule has 3 aromatic rings. The topological polar surface area (TPSA) is 34.1 Å². The van der Waals surface area contributed by atoms with E-state index >= 15 is 0 Å². The summed E-state index contributed by atoms with van der Waals surface area (Å²) in [4.78, 5) is 0.373. The third kappa shape index (κ3) is 2.69. The van der Waals surface area contributed by atoms with Crippen molar-refractivity contribution < 1.29 is 8.42 Å². The maximum atomic E-state index is 12.6. The zero-order valence-corrected chi connectivity index (χ0v) is 12.6. The molecule has 0 bridgehead atoms. The van der Waals surface area contributed by atoms with Gasteiger partial charge in [-0.3, -0.25) is 0 Å². The Labute approximate surface area is 125 Å². The molecular weight excluding hydrogens is 280 g/mol. The Morgan fingerprint density at radius 1 is 0.810 bits per heavy atom. The smallest absolute Gasteiger partial charge is 0.182 e. The molecule has 0 amide bonds. The van der Waals surface area contributed by atoms with Gasteiger partial charge in [0.1, 0.15) is 0 Å². The van der Waals surface area contributed by atoms with Crippen LogP contribution in [0.15, 0.2) is 71.6 Å². The first kappa shape index (κ1) is 13.8. The Morgan fingerprint density at radius 3 is 2.24 bits per heavy atom. The van der Waals surface area contributed by atoms with Crippen LogP contribution in [-0.4, -0.2) is 8.42 Å². The van der Waals surface area contributed by atoms with Crippen molar-refractivity contribution in [2.75, 3.05) is 0 Å². The summed E-state index contributed by atoms with van der Waals surface area (Å²) in [6.45, 7) is 1.96. The molecule has 3 heteroatoms. The van der Waals surface area contributed by atoms with Gasteiger partial charge in [0.05, 0.1) is 10.6 Å². The van der Waals surface area contributed by atoms with Crippen molar-refractivity contribution in [1.82, 2.24) is 0 Å². The first-order chi connectivity index (χ1) is 10.1. The molecule has 0 radical (unpaired) electrons. The summed E-state index contributed by atoms with van der Waals surface area (Å²) in [5, 5.41) is 2.08. The van der Waals surface area contributed by atoms with Crippen LogP contribution in [0.3, 0.4) is 0 Å². The van der Waals surface area contributed by atoms with Crippen LogP contribution in [0.2, 0.25) is 0 Å². The Kier molecular flexibility index (Phi) is 3.52. The van der Waals surface area contributed by atoms with Crippen molar-refractivity contribution in [3.63, 3.8) is 0 Å². The van der Waals surface area contributed by atoms with Crippen LogP contribution in [0.5, 0.6) is 0 Å². The van der Waals surface area contributed by atoms with E-state index < -0.39 is 9.84 Å². The fraction of sp³-hybridized carbons (Fsp3) is 0.111. The summed E-state index contributed by atoms with van der Waals surface area (Å²) in [5.41, 5.74) is 1.89. The standard InChI is InChI=1S/C18H16O2S/c1-14-11-12-15-7-5-6-10-17(15)18(14)13-21(19,20)16-8-3-2-4-9-16/h2-12H,13H2,1H3. The van der Waals surface area contributed by atoms with E-state index in [-0.39, 0.29) is 5.75 Å². The van der Waals surface area contributed by atoms with Gasteiger partial charge in [0.2, 0.25) is 0 Å². The van der Waals surface area contributed by atoms with Gasteiger partial charge in [-0.05, 0) is 41.0 Å². The molecule has 0 spiro atoms. The highest BCUT2D eigenvalue weighted by Crippen LogP contribution is 2.26. The molecular formula is C18H16O2S. The normalized spacial score (nSPS) is 11.7. The minimum Gasteiger partial charge on any atom is -0.223 e. The third-order valence-electron chi connectivity index (χ3n) is 3.71.